The van der Waals surface area contributed by atoms with E-state index in [-0.39, 0.29) is 11.1 Å². The number of carbonyl (C=O) groups is 1. The van der Waals surface area contributed by atoms with Crippen LogP contribution in [0.1, 0.15) is 21.5 Å². The van der Waals surface area contributed by atoms with Gasteiger partial charge in [-0.1, -0.05) is 29.3 Å². The van der Waals surface area contributed by atoms with E-state index in [2.05, 4.69) is 10.3 Å². The Morgan fingerprint density at radius 3 is 2.58 bits per heavy atom. The van der Waals surface area contributed by atoms with E-state index in [0.29, 0.717) is 16.3 Å². The first-order chi connectivity index (χ1) is 8.97. The minimum absolute atomic E-state index is 0.266. The fourth-order valence-corrected chi connectivity index (χ4v) is 2.35. The first-order valence-corrected chi connectivity index (χ1v) is 6.42. The maximum atomic E-state index is 12.1. The number of hydrogen-bond acceptors (Lipinski definition) is 2. The first kappa shape index (κ1) is 13.8. The van der Waals surface area contributed by atoms with Gasteiger partial charge in [0.1, 0.15) is 5.15 Å². The number of amides is 1. The summed E-state index contributed by atoms with van der Waals surface area (Å²) in [5.41, 5.74) is 3.02. The van der Waals surface area contributed by atoms with Crippen molar-refractivity contribution < 1.29 is 4.79 Å². The third kappa shape index (κ3) is 3.25. The third-order valence-corrected chi connectivity index (χ3v) is 3.16. The van der Waals surface area contributed by atoms with E-state index in [9.17, 15) is 4.79 Å². The zero-order chi connectivity index (χ0) is 14.0. The van der Waals surface area contributed by atoms with Gasteiger partial charge in [0, 0.05) is 11.8 Å². The van der Waals surface area contributed by atoms with Gasteiger partial charge < -0.3 is 5.32 Å². The fourth-order valence-electron chi connectivity index (χ4n) is 1.80. The topological polar surface area (TPSA) is 42.0 Å². The molecule has 1 N–H and O–H groups in total. The summed E-state index contributed by atoms with van der Waals surface area (Å²) >= 11 is 11.9. The number of halogens is 2. The molecule has 0 aliphatic heterocycles. The van der Waals surface area contributed by atoms with Crippen molar-refractivity contribution in [3.8, 4) is 0 Å². The lowest BCUT2D eigenvalue weighted by atomic mass is 10.1. The molecule has 2 aromatic rings. The van der Waals surface area contributed by atoms with Gasteiger partial charge in [0.25, 0.3) is 5.91 Å². The lowest BCUT2D eigenvalue weighted by Crippen LogP contribution is -2.13. The molecule has 19 heavy (non-hydrogen) atoms. The van der Waals surface area contributed by atoms with E-state index in [4.69, 9.17) is 23.2 Å². The van der Waals surface area contributed by atoms with Crippen LogP contribution in [0, 0.1) is 13.8 Å². The number of anilines is 1. The van der Waals surface area contributed by atoms with E-state index in [0.717, 1.165) is 11.1 Å². The average Bonchev–Trinajstić information content (AvgIpc) is 2.33. The molecule has 1 aromatic heterocycles. The molecule has 0 saturated heterocycles. The molecular weight excluding hydrogens is 283 g/mol. The summed E-state index contributed by atoms with van der Waals surface area (Å²) in [4.78, 5) is 15.9. The Balaban J connectivity index is 2.29. The quantitative estimate of drug-likeness (QED) is 0.841. The molecule has 2 rings (SSSR count). The molecule has 0 unspecified atom stereocenters. The Kier molecular flexibility index (Phi) is 4.08. The minimum atomic E-state index is -0.266. The molecule has 0 atom stereocenters. The smallest absolute Gasteiger partial charge is 0.255 e. The monoisotopic (exact) mass is 294 g/mol. The van der Waals surface area contributed by atoms with Crippen molar-refractivity contribution in [3.05, 3.63) is 57.3 Å². The highest BCUT2D eigenvalue weighted by atomic mass is 35.5. The van der Waals surface area contributed by atoms with Crippen molar-refractivity contribution in [2.45, 2.75) is 13.8 Å². The Bertz CT molecular complexity index is 618. The summed E-state index contributed by atoms with van der Waals surface area (Å²) in [7, 11) is 0. The highest BCUT2D eigenvalue weighted by molar-refractivity contribution is 6.34. The predicted molar refractivity (Wildman–Crippen MR) is 78.1 cm³/mol. The number of pyridine rings is 1. The van der Waals surface area contributed by atoms with Crippen LogP contribution < -0.4 is 5.32 Å². The molecule has 98 valence electrons. The second-order valence-electron chi connectivity index (χ2n) is 4.26. The molecule has 0 aliphatic carbocycles. The number of aromatic nitrogens is 1. The van der Waals surface area contributed by atoms with Crippen LogP contribution in [0.2, 0.25) is 10.2 Å². The van der Waals surface area contributed by atoms with Crippen LogP contribution in [0.4, 0.5) is 5.69 Å². The van der Waals surface area contributed by atoms with Crippen molar-refractivity contribution in [3.63, 3.8) is 0 Å². The van der Waals surface area contributed by atoms with Crippen LogP contribution in [0.25, 0.3) is 0 Å². The highest BCUT2D eigenvalue weighted by Gasteiger charge is 2.11. The molecule has 0 saturated carbocycles. The highest BCUT2D eigenvalue weighted by Crippen LogP contribution is 2.27. The van der Waals surface area contributed by atoms with Gasteiger partial charge >= 0.3 is 0 Å². The van der Waals surface area contributed by atoms with Crippen LogP contribution in [-0.2, 0) is 0 Å². The molecule has 0 radical (unpaired) electrons. The molecule has 0 spiro atoms. The van der Waals surface area contributed by atoms with Gasteiger partial charge in [0.2, 0.25) is 0 Å². The van der Waals surface area contributed by atoms with Gasteiger partial charge in [-0.2, -0.15) is 0 Å². The van der Waals surface area contributed by atoms with Crippen molar-refractivity contribution in [1.29, 1.82) is 0 Å². The van der Waals surface area contributed by atoms with Gasteiger partial charge in [-0.05, 0) is 43.2 Å². The van der Waals surface area contributed by atoms with E-state index in [1.807, 2.05) is 26.0 Å². The SMILES string of the molecule is Cc1cc(C)c(NC(=O)c2ccnc(Cl)c2)c(Cl)c1. The molecule has 1 heterocycles. The summed E-state index contributed by atoms with van der Waals surface area (Å²) in [6, 6.07) is 6.87. The van der Waals surface area contributed by atoms with Crippen molar-refractivity contribution in [2.24, 2.45) is 0 Å². The molecule has 1 aromatic carbocycles. The number of hydrogen-bond donors (Lipinski definition) is 1. The molecular formula is C14H12Cl2N2O. The fraction of sp³-hybridized carbons (Fsp3) is 0.143. The lowest BCUT2D eigenvalue weighted by molar-refractivity contribution is 0.102. The maximum Gasteiger partial charge on any atom is 0.255 e. The molecule has 3 nitrogen and oxygen atoms in total. The average molecular weight is 295 g/mol. The molecule has 0 fully saturated rings. The predicted octanol–water partition coefficient (Wildman–Crippen LogP) is 4.26. The van der Waals surface area contributed by atoms with Crippen molar-refractivity contribution in [2.75, 3.05) is 5.32 Å². The maximum absolute atomic E-state index is 12.1. The summed E-state index contributed by atoms with van der Waals surface area (Å²) in [5.74, 6) is -0.266. The van der Waals surface area contributed by atoms with E-state index < -0.39 is 0 Å². The Morgan fingerprint density at radius 2 is 1.95 bits per heavy atom. The van der Waals surface area contributed by atoms with Gasteiger partial charge in [0.05, 0.1) is 10.7 Å². The van der Waals surface area contributed by atoms with E-state index in [1.54, 1.807) is 6.07 Å². The normalized spacial score (nSPS) is 10.3. The van der Waals surface area contributed by atoms with Gasteiger partial charge in [-0.25, -0.2) is 4.98 Å². The Labute approximate surface area is 121 Å². The van der Waals surface area contributed by atoms with Crippen LogP contribution in [0.3, 0.4) is 0 Å². The standard InChI is InChI=1S/C14H12Cl2N2O/c1-8-5-9(2)13(11(15)6-8)18-14(19)10-3-4-17-12(16)7-10/h3-7H,1-2H3,(H,18,19). The summed E-state index contributed by atoms with van der Waals surface area (Å²) in [5, 5.41) is 3.59. The number of carbonyl (C=O) groups excluding carboxylic acids is 1. The van der Waals surface area contributed by atoms with E-state index >= 15 is 0 Å². The van der Waals surface area contributed by atoms with E-state index in [1.165, 1.54) is 12.3 Å². The number of nitrogens with zero attached hydrogens (tertiary/aromatic N) is 1. The molecule has 0 bridgehead atoms. The summed E-state index contributed by atoms with van der Waals surface area (Å²) in [6.07, 6.45) is 1.49. The number of aryl methyl sites for hydroxylation is 2. The minimum Gasteiger partial charge on any atom is -0.320 e. The van der Waals surface area contributed by atoms with Gasteiger partial charge in [-0.15, -0.1) is 0 Å². The second-order valence-corrected chi connectivity index (χ2v) is 5.05. The zero-order valence-electron chi connectivity index (χ0n) is 10.5. The van der Waals surface area contributed by atoms with Crippen LogP contribution in [0.5, 0.6) is 0 Å². The second kappa shape index (κ2) is 5.59. The lowest BCUT2D eigenvalue weighted by Gasteiger charge is -2.11. The van der Waals surface area contributed by atoms with Crippen molar-refractivity contribution >= 4 is 34.8 Å². The number of rotatable bonds is 2. The van der Waals surface area contributed by atoms with Gasteiger partial charge in [-0.3, -0.25) is 4.79 Å². The zero-order valence-corrected chi connectivity index (χ0v) is 12.0. The van der Waals surface area contributed by atoms with Crippen LogP contribution in [-0.4, -0.2) is 10.9 Å². The van der Waals surface area contributed by atoms with Crippen molar-refractivity contribution in [1.82, 2.24) is 4.98 Å². The van der Waals surface area contributed by atoms with Crippen LogP contribution >= 0.6 is 23.2 Å². The van der Waals surface area contributed by atoms with Crippen LogP contribution in [0.15, 0.2) is 30.5 Å². The molecule has 5 heteroatoms. The van der Waals surface area contributed by atoms with Gasteiger partial charge in [0.15, 0.2) is 0 Å². The molecule has 0 aliphatic rings. The Hall–Kier alpha value is -1.58. The largest absolute Gasteiger partial charge is 0.320 e. The first-order valence-electron chi connectivity index (χ1n) is 5.67. The summed E-state index contributed by atoms with van der Waals surface area (Å²) in [6.45, 7) is 3.85. The Morgan fingerprint density at radius 1 is 1.21 bits per heavy atom. The summed E-state index contributed by atoms with van der Waals surface area (Å²) < 4.78 is 0. The number of nitrogens with one attached hydrogen (secondary N) is 1. The molecule has 1 amide bonds. The number of benzene rings is 1. The third-order valence-electron chi connectivity index (χ3n) is 2.66.